The van der Waals surface area contributed by atoms with Crippen LogP contribution in [0.3, 0.4) is 0 Å². The molecule has 61 heavy (non-hydrogen) atoms. The highest BCUT2D eigenvalue weighted by atomic mass is 15.0. The van der Waals surface area contributed by atoms with E-state index in [0.29, 0.717) is 5.56 Å². The second-order valence-corrected chi connectivity index (χ2v) is 15.8. The van der Waals surface area contributed by atoms with Crippen molar-refractivity contribution < 1.29 is 0 Å². The molecule has 0 radical (unpaired) electrons. The minimum Gasteiger partial charge on any atom is -0.306 e. The normalized spacial score (nSPS) is 12.4. The van der Waals surface area contributed by atoms with Gasteiger partial charge in [-0.05, 0) is 126 Å². The number of hydrogen-bond acceptors (Lipinski definition) is 3. The van der Waals surface area contributed by atoms with Crippen molar-refractivity contribution in [2.45, 2.75) is 12.8 Å². The van der Waals surface area contributed by atoms with Gasteiger partial charge in [0.15, 0.2) is 0 Å². The van der Waals surface area contributed by atoms with Crippen molar-refractivity contribution in [2.75, 3.05) is 0 Å². The summed E-state index contributed by atoms with van der Waals surface area (Å²) >= 11 is 0. The van der Waals surface area contributed by atoms with E-state index in [1.165, 1.54) is 54.9 Å². The predicted octanol–water partition coefficient (Wildman–Crippen LogP) is 14.5. The first-order chi connectivity index (χ1) is 30.3. The van der Waals surface area contributed by atoms with Crippen LogP contribution in [0, 0.1) is 11.3 Å². The molecular formula is C57H36N4. The lowest BCUT2D eigenvalue weighted by molar-refractivity contribution is 0.992. The lowest BCUT2D eigenvalue weighted by Crippen LogP contribution is -2.03. The molecule has 4 heteroatoms. The number of hydrogen-bond donors (Lipinski definition) is 0. The third-order valence-electron chi connectivity index (χ3n) is 12.7. The summed E-state index contributed by atoms with van der Waals surface area (Å²) in [4.78, 5) is 8.94. The molecule has 0 unspecified atom stereocenters. The smallest absolute Gasteiger partial charge is 0.0998 e. The summed E-state index contributed by atoms with van der Waals surface area (Å²) < 4.78 is 2.22. The molecule has 3 heterocycles. The van der Waals surface area contributed by atoms with E-state index >= 15 is 0 Å². The van der Waals surface area contributed by atoms with Gasteiger partial charge in [-0.15, -0.1) is 0 Å². The van der Waals surface area contributed by atoms with Crippen molar-refractivity contribution in [2.24, 2.45) is 0 Å². The Bertz CT molecular complexity index is 3590. The number of allylic oxidation sites excluding steroid dienone is 1. The molecule has 0 atom stereocenters. The van der Waals surface area contributed by atoms with Crippen molar-refractivity contribution in [3.05, 3.63) is 205 Å². The van der Waals surface area contributed by atoms with Crippen LogP contribution in [0.4, 0.5) is 0 Å². The van der Waals surface area contributed by atoms with Gasteiger partial charge in [0.2, 0.25) is 0 Å². The highest BCUT2D eigenvalue weighted by Gasteiger charge is 2.26. The van der Waals surface area contributed by atoms with Gasteiger partial charge < -0.3 is 4.57 Å². The van der Waals surface area contributed by atoms with Crippen LogP contribution in [0.25, 0.3) is 110 Å². The van der Waals surface area contributed by atoms with Gasteiger partial charge in [0, 0.05) is 28.7 Å². The summed E-state index contributed by atoms with van der Waals surface area (Å²) in [6, 6.07) is 59.0. The third kappa shape index (κ3) is 5.31. The fourth-order valence-electron chi connectivity index (χ4n) is 10.2. The van der Waals surface area contributed by atoms with Crippen LogP contribution < -0.4 is 0 Å². The SMILES string of the molecule is N#Cc1cc(-c2cccc3c2c2ccncc2n3-c2cccnc2)ccc1-c1c2ccccc2c(-c2c3c(c(-c4ccccc4)c4ccccc24)C=CCC3)c2ccccc12. The summed E-state index contributed by atoms with van der Waals surface area (Å²) in [5.41, 5.74) is 15.5. The Balaban J connectivity index is 1.11. The monoisotopic (exact) mass is 776 g/mol. The predicted molar refractivity (Wildman–Crippen MR) is 253 cm³/mol. The Morgan fingerprint density at radius 1 is 0.492 bits per heavy atom. The zero-order chi connectivity index (χ0) is 40.4. The first-order valence-electron chi connectivity index (χ1n) is 20.8. The first-order valence-corrected chi connectivity index (χ1v) is 20.8. The van der Waals surface area contributed by atoms with Crippen LogP contribution in [0.15, 0.2) is 189 Å². The third-order valence-corrected chi connectivity index (χ3v) is 12.7. The van der Waals surface area contributed by atoms with Crippen molar-refractivity contribution in [3.8, 4) is 56.3 Å². The van der Waals surface area contributed by atoms with E-state index in [4.69, 9.17) is 0 Å². The van der Waals surface area contributed by atoms with Crippen molar-refractivity contribution in [1.29, 1.82) is 5.26 Å². The van der Waals surface area contributed by atoms with E-state index in [-0.39, 0.29) is 0 Å². The highest BCUT2D eigenvalue weighted by molar-refractivity contribution is 6.26. The molecule has 3 aromatic heterocycles. The second kappa shape index (κ2) is 14.0. The fourth-order valence-corrected chi connectivity index (χ4v) is 10.2. The Kier molecular flexibility index (Phi) is 8.01. The van der Waals surface area contributed by atoms with E-state index in [0.717, 1.165) is 73.4 Å². The second-order valence-electron chi connectivity index (χ2n) is 15.8. The minimum atomic E-state index is 0.635. The molecule has 0 aliphatic heterocycles. The average Bonchev–Trinajstić information content (AvgIpc) is 3.68. The number of aromatic nitrogens is 3. The molecule has 8 aromatic carbocycles. The topological polar surface area (TPSA) is 54.5 Å². The fraction of sp³-hybridized carbons (Fsp3) is 0.0351. The van der Waals surface area contributed by atoms with Crippen LogP contribution >= 0.6 is 0 Å². The van der Waals surface area contributed by atoms with Gasteiger partial charge in [0.05, 0.1) is 40.7 Å². The van der Waals surface area contributed by atoms with Gasteiger partial charge in [0.1, 0.15) is 0 Å². The lowest BCUT2D eigenvalue weighted by atomic mass is 9.77. The van der Waals surface area contributed by atoms with Gasteiger partial charge in [-0.1, -0.05) is 140 Å². The maximum absolute atomic E-state index is 11.1. The van der Waals surface area contributed by atoms with Crippen LogP contribution in [-0.4, -0.2) is 14.5 Å². The molecule has 12 rings (SSSR count). The summed E-state index contributed by atoms with van der Waals surface area (Å²) in [5, 5.41) is 20.4. The molecule has 0 N–H and O–H groups in total. The van der Waals surface area contributed by atoms with Crippen LogP contribution in [-0.2, 0) is 6.42 Å². The Hall–Kier alpha value is -8.13. The molecule has 11 aromatic rings. The van der Waals surface area contributed by atoms with Gasteiger partial charge >= 0.3 is 0 Å². The summed E-state index contributed by atoms with van der Waals surface area (Å²) in [7, 11) is 0. The number of rotatable bonds is 5. The zero-order valence-electron chi connectivity index (χ0n) is 33.2. The van der Waals surface area contributed by atoms with E-state index < -0.39 is 0 Å². The van der Waals surface area contributed by atoms with Gasteiger partial charge in [-0.25, -0.2) is 0 Å². The van der Waals surface area contributed by atoms with E-state index in [1.54, 1.807) is 6.20 Å². The van der Waals surface area contributed by atoms with Gasteiger partial charge in [-0.3, -0.25) is 9.97 Å². The number of pyridine rings is 2. The summed E-state index contributed by atoms with van der Waals surface area (Å²) in [5.74, 6) is 0. The van der Waals surface area contributed by atoms with Crippen LogP contribution in [0.2, 0.25) is 0 Å². The Morgan fingerprint density at radius 2 is 1.16 bits per heavy atom. The molecule has 0 fully saturated rings. The summed E-state index contributed by atoms with van der Waals surface area (Å²) in [6.45, 7) is 0. The molecule has 0 bridgehead atoms. The largest absolute Gasteiger partial charge is 0.306 e. The van der Waals surface area contributed by atoms with Crippen LogP contribution in [0.5, 0.6) is 0 Å². The van der Waals surface area contributed by atoms with Gasteiger partial charge in [-0.2, -0.15) is 5.26 Å². The van der Waals surface area contributed by atoms with Crippen molar-refractivity contribution >= 4 is 60.2 Å². The number of benzene rings is 8. The highest BCUT2D eigenvalue weighted by Crippen LogP contribution is 2.51. The van der Waals surface area contributed by atoms with E-state index in [9.17, 15) is 5.26 Å². The maximum Gasteiger partial charge on any atom is 0.0998 e. The molecular weight excluding hydrogens is 741 g/mol. The molecule has 0 saturated carbocycles. The molecule has 4 nitrogen and oxygen atoms in total. The quantitative estimate of drug-likeness (QED) is 0.164. The molecule has 1 aliphatic carbocycles. The van der Waals surface area contributed by atoms with Crippen LogP contribution in [0.1, 0.15) is 23.1 Å². The summed E-state index contributed by atoms with van der Waals surface area (Å²) in [6.07, 6.45) is 14.1. The van der Waals surface area contributed by atoms with Crippen molar-refractivity contribution in [1.82, 2.24) is 14.5 Å². The maximum atomic E-state index is 11.1. The number of nitriles is 1. The molecule has 0 amide bonds. The van der Waals surface area contributed by atoms with Gasteiger partial charge in [0.25, 0.3) is 0 Å². The molecule has 284 valence electrons. The minimum absolute atomic E-state index is 0.635. The number of fused-ring (bicyclic) bond motifs is 7. The molecule has 0 spiro atoms. The standard InChI is InChI=1S/C57H36N4/c58-33-38-32-37(40-25-12-26-51-55(40)50-29-31-60-35-52(50)61(51)39-16-13-30-59-34-39)27-28-41(38)54-44-19-6-10-23-48(44)57(49-24-11-7-20-45(49)54)56-46-21-8-4-17-42(46)53(36-14-2-1-3-15-36)43-18-5-9-22-47(43)56/h1-8,10-21,23-32,34-35H,9,22H2. The Morgan fingerprint density at radius 3 is 1.87 bits per heavy atom. The average molecular weight is 777 g/mol. The van der Waals surface area contributed by atoms with Crippen molar-refractivity contribution in [3.63, 3.8) is 0 Å². The first kappa shape index (κ1) is 34.9. The van der Waals surface area contributed by atoms with E-state index in [1.807, 2.05) is 24.7 Å². The lowest BCUT2D eigenvalue weighted by Gasteiger charge is -2.26. The number of nitrogens with zero attached hydrogens (tertiary/aromatic N) is 4. The Labute approximate surface area is 353 Å². The zero-order valence-corrected chi connectivity index (χ0v) is 33.2. The van der Waals surface area contributed by atoms with E-state index in [2.05, 4.69) is 184 Å². The molecule has 1 aliphatic rings. The molecule has 0 saturated heterocycles.